The Morgan fingerprint density at radius 3 is 3.10 bits per heavy atom. The molecule has 20 heavy (non-hydrogen) atoms. The van der Waals surface area contributed by atoms with Gasteiger partial charge in [-0.25, -0.2) is 0 Å². The van der Waals surface area contributed by atoms with E-state index in [0.717, 1.165) is 18.6 Å². The molecule has 1 fully saturated rings. The lowest BCUT2D eigenvalue weighted by Crippen LogP contribution is -2.37. The van der Waals surface area contributed by atoms with Crippen molar-refractivity contribution >= 4 is 17.5 Å². The van der Waals surface area contributed by atoms with Gasteiger partial charge in [0, 0.05) is 12.6 Å². The molecule has 0 spiro atoms. The minimum absolute atomic E-state index is 0.0697. The first-order valence-electron chi connectivity index (χ1n) is 6.83. The maximum Gasteiger partial charge on any atom is 0.253 e. The molecule has 1 amide bonds. The van der Waals surface area contributed by atoms with Crippen molar-refractivity contribution in [3.8, 4) is 0 Å². The largest absolute Gasteiger partial charge is 0.379 e. The van der Waals surface area contributed by atoms with Gasteiger partial charge in [0.1, 0.15) is 0 Å². The van der Waals surface area contributed by atoms with Crippen molar-refractivity contribution in [1.29, 1.82) is 0 Å². The topological polar surface area (TPSA) is 47.6 Å². The van der Waals surface area contributed by atoms with Crippen molar-refractivity contribution < 1.29 is 14.3 Å². The molecule has 5 heteroatoms. The zero-order valence-corrected chi connectivity index (χ0v) is 12.6. The Kier molecular flexibility index (Phi) is 5.40. The predicted molar refractivity (Wildman–Crippen MR) is 78.3 cm³/mol. The van der Waals surface area contributed by atoms with E-state index in [4.69, 9.17) is 21.1 Å². The third-order valence-corrected chi connectivity index (χ3v) is 3.79. The van der Waals surface area contributed by atoms with Gasteiger partial charge in [-0.2, -0.15) is 0 Å². The molecule has 1 aromatic carbocycles. The summed E-state index contributed by atoms with van der Waals surface area (Å²) in [5.41, 5.74) is 1.40. The summed E-state index contributed by atoms with van der Waals surface area (Å²) in [6, 6.07) is 5.36. The van der Waals surface area contributed by atoms with E-state index in [2.05, 4.69) is 5.32 Å². The number of carbonyl (C=O) groups excluding carboxylic acids is 1. The van der Waals surface area contributed by atoms with Crippen LogP contribution in [0.5, 0.6) is 0 Å². The van der Waals surface area contributed by atoms with E-state index in [1.807, 2.05) is 26.0 Å². The highest BCUT2D eigenvalue weighted by Gasteiger charge is 2.18. The molecule has 1 heterocycles. The minimum atomic E-state index is -0.169. The first-order chi connectivity index (χ1) is 9.58. The Hall–Kier alpha value is -1.10. The molecule has 0 aromatic heterocycles. The van der Waals surface area contributed by atoms with Crippen LogP contribution < -0.4 is 5.32 Å². The first kappa shape index (κ1) is 15.3. The van der Waals surface area contributed by atoms with Crippen LogP contribution in [-0.4, -0.2) is 37.9 Å². The van der Waals surface area contributed by atoms with Crippen molar-refractivity contribution in [2.45, 2.75) is 32.4 Å². The summed E-state index contributed by atoms with van der Waals surface area (Å²) in [7, 11) is 0. The van der Waals surface area contributed by atoms with Gasteiger partial charge in [0.2, 0.25) is 0 Å². The molecule has 0 bridgehead atoms. The van der Waals surface area contributed by atoms with Gasteiger partial charge in [0.05, 0.1) is 29.9 Å². The number of amides is 1. The highest BCUT2D eigenvalue weighted by molar-refractivity contribution is 6.34. The second kappa shape index (κ2) is 7.07. The fourth-order valence-corrected chi connectivity index (χ4v) is 2.30. The molecule has 110 valence electrons. The maximum atomic E-state index is 12.1. The highest BCUT2D eigenvalue weighted by atomic mass is 35.5. The van der Waals surface area contributed by atoms with Crippen LogP contribution in [0, 0.1) is 6.92 Å². The van der Waals surface area contributed by atoms with Crippen LogP contribution in [0.25, 0.3) is 0 Å². The lowest BCUT2D eigenvalue weighted by Gasteiger charge is -2.17. The van der Waals surface area contributed by atoms with Gasteiger partial charge in [0.25, 0.3) is 5.91 Å². The van der Waals surface area contributed by atoms with Crippen molar-refractivity contribution in [1.82, 2.24) is 5.32 Å². The number of halogens is 1. The average Bonchev–Trinajstić information content (AvgIpc) is 2.92. The van der Waals surface area contributed by atoms with E-state index in [1.54, 1.807) is 6.07 Å². The SMILES string of the molecule is Cc1cccc(C(=O)N[C@H](C)CO[C@@H]2CCOC2)c1Cl. The van der Waals surface area contributed by atoms with E-state index in [1.165, 1.54) is 0 Å². The second-order valence-corrected chi connectivity index (χ2v) is 5.51. The fourth-order valence-electron chi connectivity index (χ4n) is 2.09. The smallest absolute Gasteiger partial charge is 0.253 e. The quantitative estimate of drug-likeness (QED) is 0.909. The van der Waals surface area contributed by atoms with Crippen LogP contribution in [0.2, 0.25) is 5.02 Å². The van der Waals surface area contributed by atoms with Crippen LogP contribution in [0.4, 0.5) is 0 Å². The van der Waals surface area contributed by atoms with Crippen LogP contribution in [0.1, 0.15) is 29.3 Å². The predicted octanol–water partition coefficient (Wildman–Crippen LogP) is 2.57. The number of ether oxygens (including phenoxy) is 2. The van der Waals surface area contributed by atoms with E-state index in [-0.39, 0.29) is 18.1 Å². The molecular formula is C15H20ClNO3. The summed E-state index contributed by atoms with van der Waals surface area (Å²) in [5.74, 6) is -0.169. The van der Waals surface area contributed by atoms with E-state index < -0.39 is 0 Å². The summed E-state index contributed by atoms with van der Waals surface area (Å²) in [6.45, 7) is 5.67. The van der Waals surface area contributed by atoms with Crippen LogP contribution >= 0.6 is 11.6 Å². The molecule has 1 aliphatic heterocycles. The molecular weight excluding hydrogens is 278 g/mol. The Morgan fingerprint density at radius 2 is 2.40 bits per heavy atom. The van der Waals surface area contributed by atoms with Gasteiger partial charge in [0.15, 0.2) is 0 Å². The standard InChI is InChI=1S/C15H20ClNO3/c1-10-4-3-5-13(14(10)16)15(18)17-11(2)8-20-12-6-7-19-9-12/h3-5,11-12H,6-9H2,1-2H3,(H,17,18)/t11-,12-/m1/s1. The summed E-state index contributed by atoms with van der Waals surface area (Å²) in [4.78, 5) is 12.1. The lowest BCUT2D eigenvalue weighted by molar-refractivity contribution is 0.0318. The normalized spacial score (nSPS) is 19.9. The zero-order valence-electron chi connectivity index (χ0n) is 11.8. The van der Waals surface area contributed by atoms with Gasteiger partial charge in [-0.15, -0.1) is 0 Å². The number of hydrogen-bond donors (Lipinski definition) is 1. The average molecular weight is 298 g/mol. The molecule has 2 rings (SSSR count). The van der Waals surface area contributed by atoms with Gasteiger partial charge in [-0.3, -0.25) is 4.79 Å². The fraction of sp³-hybridized carbons (Fsp3) is 0.533. The lowest BCUT2D eigenvalue weighted by atomic mass is 10.1. The molecule has 0 saturated carbocycles. The number of benzene rings is 1. The second-order valence-electron chi connectivity index (χ2n) is 5.13. The van der Waals surface area contributed by atoms with Gasteiger partial charge >= 0.3 is 0 Å². The summed E-state index contributed by atoms with van der Waals surface area (Å²) in [5, 5.41) is 3.40. The third-order valence-electron chi connectivity index (χ3n) is 3.28. The number of hydrogen-bond acceptors (Lipinski definition) is 3. The number of nitrogens with one attached hydrogen (secondary N) is 1. The molecule has 4 nitrogen and oxygen atoms in total. The minimum Gasteiger partial charge on any atom is -0.379 e. The summed E-state index contributed by atoms with van der Waals surface area (Å²) < 4.78 is 10.9. The molecule has 1 saturated heterocycles. The Morgan fingerprint density at radius 1 is 1.60 bits per heavy atom. The van der Waals surface area contributed by atoms with Crippen molar-refractivity contribution in [3.05, 3.63) is 34.3 Å². The number of rotatable bonds is 5. The van der Waals surface area contributed by atoms with Crippen LogP contribution in [0.3, 0.4) is 0 Å². The van der Waals surface area contributed by atoms with Gasteiger partial charge < -0.3 is 14.8 Å². The molecule has 1 aromatic rings. The zero-order chi connectivity index (χ0) is 14.5. The van der Waals surface area contributed by atoms with Gasteiger partial charge in [-0.05, 0) is 31.9 Å². The summed E-state index contributed by atoms with van der Waals surface area (Å²) >= 11 is 6.14. The van der Waals surface area contributed by atoms with Crippen molar-refractivity contribution in [2.24, 2.45) is 0 Å². The Balaban J connectivity index is 1.85. The Labute approximate surface area is 124 Å². The number of aryl methyl sites for hydroxylation is 1. The van der Waals surface area contributed by atoms with Crippen molar-refractivity contribution in [3.63, 3.8) is 0 Å². The number of carbonyl (C=O) groups is 1. The third kappa shape index (κ3) is 3.95. The summed E-state index contributed by atoms with van der Waals surface area (Å²) in [6.07, 6.45) is 1.07. The van der Waals surface area contributed by atoms with E-state index in [0.29, 0.717) is 23.8 Å². The monoisotopic (exact) mass is 297 g/mol. The van der Waals surface area contributed by atoms with E-state index in [9.17, 15) is 4.79 Å². The molecule has 1 N–H and O–H groups in total. The van der Waals surface area contributed by atoms with Crippen LogP contribution in [-0.2, 0) is 9.47 Å². The molecule has 2 atom stereocenters. The molecule has 1 aliphatic rings. The molecule has 0 radical (unpaired) electrons. The first-order valence-corrected chi connectivity index (χ1v) is 7.21. The van der Waals surface area contributed by atoms with Crippen LogP contribution in [0.15, 0.2) is 18.2 Å². The van der Waals surface area contributed by atoms with Crippen molar-refractivity contribution in [2.75, 3.05) is 19.8 Å². The molecule has 0 aliphatic carbocycles. The Bertz CT molecular complexity index is 472. The van der Waals surface area contributed by atoms with Gasteiger partial charge in [-0.1, -0.05) is 23.7 Å². The molecule has 0 unspecified atom stereocenters. The maximum absolute atomic E-state index is 12.1. The van der Waals surface area contributed by atoms with E-state index >= 15 is 0 Å². The highest BCUT2D eigenvalue weighted by Crippen LogP contribution is 2.20.